The van der Waals surface area contributed by atoms with Crippen LogP contribution in [0.3, 0.4) is 0 Å². The molecule has 0 amide bonds. The zero-order chi connectivity index (χ0) is 15.4. The van der Waals surface area contributed by atoms with Crippen molar-refractivity contribution in [2.75, 3.05) is 0 Å². The number of halogens is 1. The first-order valence-corrected chi connectivity index (χ1v) is 7.80. The first-order chi connectivity index (χ1) is 10.0. The molecule has 2 rings (SSSR count). The Bertz CT molecular complexity index is 613. The number of rotatable bonds is 5. The second-order valence-corrected chi connectivity index (χ2v) is 6.18. The molecular formula is C17H21BrN2O. The molecule has 0 aliphatic carbocycles. The van der Waals surface area contributed by atoms with Gasteiger partial charge in [-0.3, -0.25) is 5.84 Å². The van der Waals surface area contributed by atoms with Gasteiger partial charge in [-0.1, -0.05) is 51.8 Å². The maximum absolute atomic E-state index is 5.91. The lowest BCUT2D eigenvalue weighted by Crippen LogP contribution is -2.29. The minimum absolute atomic E-state index is 0.116. The molecule has 0 aliphatic rings. The van der Waals surface area contributed by atoms with Crippen molar-refractivity contribution in [1.82, 2.24) is 5.43 Å². The normalized spacial score (nSPS) is 12.5. The number of hydrogen-bond acceptors (Lipinski definition) is 3. The zero-order valence-electron chi connectivity index (χ0n) is 12.6. The molecule has 0 bridgehead atoms. The molecule has 0 saturated heterocycles. The first kappa shape index (κ1) is 16.0. The minimum Gasteiger partial charge on any atom is -0.491 e. The summed E-state index contributed by atoms with van der Waals surface area (Å²) < 4.78 is 6.93. The molecule has 2 aromatic carbocycles. The third-order valence-electron chi connectivity index (χ3n) is 3.22. The number of nitrogens with one attached hydrogen (secondary N) is 1. The largest absolute Gasteiger partial charge is 0.491 e. The molecule has 112 valence electrons. The molecule has 0 aliphatic heterocycles. The summed E-state index contributed by atoms with van der Waals surface area (Å²) in [5, 5.41) is 0. The number of para-hydroxylation sites is 1. The van der Waals surface area contributed by atoms with Crippen molar-refractivity contribution in [3.05, 3.63) is 63.6 Å². The average molecular weight is 349 g/mol. The summed E-state index contributed by atoms with van der Waals surface area (Å²) in [7, 11) is 0. The van der Waals surface area contributed by atoms with Crippen LogP contribution in [-0.2, 0) is 0 Å². The number of ether oxygens (including phenoxy) is 1. The molecule has 3 N–H and O–H groups in total. The first-order valence-electron chi connectivity index (χ1n) is 7.00. The second kappa shape index (κ2) is 7.07. The molecule has 0 saturated carbocycles. The predicted molar refractivity (Wildman–Crippen MR) is 90.3 cm³/mol. The lowest BCUT2D eigenvalue weighted by molar-refractivity contribution is 0.238. The Morgan fingerprint density at radius 3 is 2.48 bits per heavy atom. The van der Waals surface area contributed by atoms with Crippen molar-refractivity contribution >= 4 is 15.9 Å². The van der Waals surface area contributed by atoms with E-state index in [-0.39, 0.29) is 12.1 Å². The average Bonchev–Trinajstić information content (AvgIpc) is 2.44. The van der Waals surface area contributed by atoms with E-state index in [1.807, 2.05) is 44.2 Å². The smallest absolute Gasteiger partial charge is 0.124 e. The summed E-state index contributed by atoms with van der Waals surface area (Å²) in [6.07, 6.45) is 0.116. The monoisotopic (exact) mass is 348 g/mol. The highest BCUT2D eigenvalue weighted by molar-refractivity contribution is 9.10. The lowest BCUT2D eigenvalue weighted by atomic mass is 9.97. The number of hydrogen-bond donors (Lipinski definition) is 2. The van der Waals surface area contributed by atoms with Gasteiger partial charge >= 0.3 is 0 Å². The van der Waals surface area contributed by atoms with Crippen molar-refractivity contribution in [2.45, 2.75) is 32.9 Å². The maximum atomic E-state index is 5.91. The Balaban J connectivity index is 2.49. The van der Waals surface area contributed by atoms with E-state index in [0.29, 0.717) is 0 Å². The van der Waals surface area contributed by atoms with Crippen LogP contribution in [0.2, 0.25) is 0 Å². The quantitative estimate of drug-likeness (QED) is 0.631. The Labute approximate surface area is 134 Å². The fraction of sp³-hybridized carbons (Fsp3) is 0.294. The summed E-state index contributed by atoms with van der Waals surface area (Å²) in [6.45, 7) is 6.11. The standard InChI is InChI=1S/C17H21BrN2O/c1-11(2)21-16-7-5-4-6-13(16)17(20-19)14-10-12(3)8-9-15(14)18/h4-11,17,20H,19H2,1-3H3. The predicted octanol–water partition coefficient (Wildman–Crippen LogP) is 4.10. The summed E-state index contributed by atoms with van der Waals surface area (Å²) in [4.78, 5) is 0. The van der Waals surface area contributed by atoms with Crippen molar-refractivity contribution in [2.24, 2.45) is 5.84 Å². The topological polar surface area (TPSA) is 47.3 Å². The van der Waals surface area contributed by atoms with E-state index >= 15 is 0 Å². The van der Waals surface area contributed by atoms with E-state index in [0.717, 1.165) is 21.3 Å². The van der Waals surface area contributed by atoms with Gasteiger partial charge in [0, 0.05) is 10.0 Å². The van der Waals surface area contributed by atoms with Crippen LogP contribution in [0.1, 0.15) is 36.6 Å². The van der Waals surface area contributed by atoms with Crippen LogP contribution in [0.25, 0.3) is 0 Å². The van der Waals surface area contributed by atoms with E-state index in [1.54, 1.807) is 0 Å². The molecule has 0 radical (unpaired) electrons. The Kier molecular flexibility index (Phi) is 5.39. The van der Waals surface area contributed by atoms with Gasteiger partial charge in [-0.2, -0.15) is 0 Å². The Morgan fingerprint density at radius 2 is 1.81 bits per heavy atom. The van der Waals surface area contributed by atoms with Crippen molar-refractivity contribution in [3.63, 3.8) is 0 Å². The summed E-state index contributed by atoms with van der Waals surface area (Å²) in [6, 6.07) is 14.1. The van der Waals surface area contributed by atoms with Gasteiger partial charge in [0.15, 0.2) is 0 Å². The summed E-state index contributed by atoms with van der Waals surface area (Å²) in [5.74, 6) is 6.68. The fourth-order valence-electron chi connectivity index (χ4n) is 2.31. The van der Waals surface area contributed by atoms with Crippen LogP contribution < -0.4 is 16.0 Å². The molecule has 1 atom stereocenters. The lowest BCUT2D eigenvalue weighted by Gasteiger charge is -2.23. The van der Waals surface area contributed by atoms with Gasteiger partial charge in [-0.15, -0.1) is 0 Å². The molecular weight excluding hydrogens is 328 g/mol. The van der Waals surface area contributed by atoms with Gasteiger partial charge in [0.05, 0.1) is 12.1 Å². The van der Waals surface area contributed by atoms with Crippen molar-refractivity contribution < 1.29 is 4.74 Å². The SMILES string of the molecule is Cc1ccc(Br)c(C(NN)c2ccccc2OC(C)C)c1. The molecule has 4 heteroatoms. The van der Waals surface area contributed by atoms with Crippen LogP contribution in [0.5, 0.6) is 5.75 Å². The highest BCUT2D eigenvalue weighted by Crippen LogP contribution is 2.34. The van der Waals surface area contributed by atoms with Crippen molar-refractivity contribution in [1.29, 1.82) is 0 Å². The molecule has 3 nitrogen and oxygen atoms in total. The Hall–Kier alpha value is -1.36. The van der Waals surface area contributed by atoms with Crippen LogP contribution >= 0.6 is 15.9 Å². The molecule has 0 spiro atoms. The minimum atomic E-state index is -0.130. The van der Waals surface area contributed by atoms with E-state index in [1.165, 1.54) is 5.56 Å². The number of nitrogens with two attached hydrogens (primary N) is 1. The van der Waals surface area contributed by atoms with Crippen LogP contribution in [0.4, 0.5) is 0 Å². The van der Waals surface area contributed by atoms with Gasteiger partial charge in [0.25, 0.3) is 0 Å². The van der Waals surface area contributed by atoms with E-state index in [9.17, 15) is 0 Å². The van der Waals surface area contributed by atoms with Crippen molar-refractivity contribution in [3.8, 4) is 5.75 Å². The third kappa shape index (κ3) is 3.84. The molecule has 2 aromatic rings. The van der Waals surface area contributed by atoms with Gasteiger partial charge < -0.3 is 4.74 Å². The highest BCUT2D eigenvalue weighted by Gasteiger charge is 2.19. The highest BCUT2D eigenvalue weighted by atomic mass is 79.9. The molecule has 0 aromatic heterocycles. The van der Waals surface area contributed by atoms with E-state index < -0.39 is 0 Å². The van der Waals surface area contributed by atoms with Gasteiger partial charge in [0.2, 0.25) is 0 Å². The third-order valence-corrected chi connectivity index (χ3v) is 3.94. The molecule has 0 fully saturated rings. The van der Waals surface area contributed by atoms with Gasteiger partial charge in [0.1, 0.15) is 5.75 Å². The van der Waals surface area contributed by atoms with Crippen LogP contribution in [0, 0.1) is 6.92 Å². The molecule has 0 heterocycles. The van der Waals surface area contributed by atoms with Gasteiger partial charge in [-0.25, -0.2) is 5.43 Å². The van der Waals surface area contributed by atoms with E-state index in [2.05, 4.69) is 40.4 Å². The summed E-state index contributed by atoms with van der Waals surface area (Å²) >= 11 is 3.61. The zero-order valence-corrected chi connectivity index (χ0v) is 14.1. The molecule has 1 unspecified atom stereocenters. The van der Waals surface area contributed by atoms with Gasteiger partial charge in [-0.05, 0) is 38.5 Å². The van der Waals surface area contributed by atoms with E-state index in [4.69, 9.17) is 10.6 Å². The maximum Gasteiger partial charge on any atom is 0.124 e. The summed E-state index contributed by atoms with van der Waals surface area (Å²) in [5.41, 5.74) is 6.22. The van der Waals surface area contributed by atoms with Crippen LogP contribution in [0.15, 0.2) is 46.9 Å². The number of benzene rings is 2. The number of aryl methyl sites for hydroxylation is 1. The molecule has 21 heavy (non-hydrogen) atoms. The number of hydrazine groups is 1. The Morgan fingerprint density at radius 1 is 1.10 bits per heavy atom. The fourth-order valence-corrected chi connectivity index (χ4v) is 2.79. The van der Waals surface area contributed by atoms with Crippen LogP contribution in [-0.4, -0.2) is 6.10 Å². The second-order valence-electron chi connectivity index (χ2n) is 5.33.